The van der Waals surface area contributed by atoms with E-state index in [1.54, 1.807) is 6.07 Å². The number of rotatable bonds is 4. The first-order valence-electron chi connectivity index (χ1n) is 6.04. The zero-order valence-corrected chi connectivity index (χ0v) is 10.7. The molecule has 7 nitrogen and oxygen atoms in total. The van der Waals surface area contributed by atoms with Gasteiger partial charge in [0.25, 0.3) is 0 Å². The van der Waals surface area contributed by atoms with Gasteiger partial charge in [0.1, 0.15) is 18.0 Å². The summed E-state index contributed by atoms with van der Waals surface area (Å²) >= 11 is 0. The van der Waals surface area contributed by atoms with Crippen molar-refractivity contribution < 1.29 is 19.4 Å². The van der Waals surface area contributed by atoms with Gasteiger partial charge in [0.05, 0.1) is 13.2 Å². The highest BCUT2D eigenvalue weighted by atomic mass is 16.5. The molecule has 1 amide bonds. The number of ether oxygens (including phenoxy) is 2. The average Bonchev–Trinajstić information content (AvgIpc) is 2.86. The van der Waals surface area contributed by atoms with E-state index < -0.39 is 6.09 Å². The first-order chi connectivity index (χ1) is 9.13. The summed E-state index contributed by atoms with van der Waals surface area (Å²) in [5.74, 6) is 0.767. The van der Waals surface area contributed by atoms with Crippen LogP contribution in [0.1, 0.15) is 12.8 Å². The number of aromatic nitrogens is 1. The molecule has 2 heterocycles. The second-order valence-corrected chi connectivity index (χ2v) is 4.32. The lowest BCUT2D eigenvalue weighted by molar-refractivity contribution is 0.122. The van der Waals surface area contributed by atoms with Crippen LogP contribution in [-0.2, 0) is 0 Å². The number of carboxylic acid groups (broad SMARTS) is 1. The summed E-state index contributed by atoms with van der Waals surface area (Å²) in [6.45, 7) is 0.793. The molecule has 1 fully saturated rings. The van der Waals surface area contributed by atoms with Crippen LogP contribution in [0.4, 0.5) is 10.5 Å². The van der Waals surface area contributed by atoms with E-state index in [9.17, 15) is 4.79 Å². The molecule has 7 heteroatoms. The first-order valence-corrected chi connectivity index (χ1v) is 6.04. The van der Waals surface area contributed by atoms with Crippen LogP contribution in [0.5, 0.6) is 11.6 Å². The molecule has 0 radical (unpaired) electrons. The summed E-state index contributed by atoms with van der Waals surface area (Å²) in [5, 5.41) is 9.03. The van der Waals surface area contributed by atoms with Crippen molar-refractivity contribution >= 4 is 11.8 Å². The second kappa shape index (κ2) is 5.64. The van der Waals surface area contributed by atoms with E-state index in [1.807, 2.05) is 0 Å². The zero-order valence-electron chi connectivity index (χ0n) is 10.7. The van der Waals surface area contributed by atoms with Gasteiger partial charge >= 0.3 is 6.09 Å². The van der Waals surface area contributed by atoms with Gasteiger partial charge in [-0.05, 0) is 12.8 Å². The van der Waals surface area contributed by atoms with Crippen LogP contribution in [-0.4, -0.2) is 47.4 Å². The lowest BCUT2D eigenvalue weighted by atomic mass is 10.2. The molecule has 0 spiro atoms. The van der Waals surface area contributed by atoms with Gasteiger partial charge in [-0.15, -0.1) is 0 Å². The molecule has 1 aliphatic heterocycles. The van der Waals surface area contributed by atoms with Crippen LogP contribution >= 0.6 is 0 Å². The van der Waals surface area contributed by atoms with E-state index in [0.29, 0.717) is 18.0 Å². The number of nitrogen functional groups attached to an aromatic ring is 1. The second-order valence-electron chi connectivity index (χ2n) is 4.32. The number of likely N-dealkylation sites (tertiary alicyclic amines) is 1. The molecule has 1 aliphatic rings. The van der Waals surface area contributed by atoms with E-state index in [-0.39, 0.29) is 18.5 Å². The Morgan fingerprint density at radius 2 is 2.47 bits per heavy atom. The third-order valence-electron chi connectivity index (χ3n) is 3.17. The minimum Gasteiger partial charge on any atom is -0.494 e. The zero-order chi connectivity index (χ0) is 13.8. The van der Waals surface area contributed by atoms with Crippen LogP contribution in [0.2, 0.25) is 0 Å². The van der Waals surface area contributed by atoms with Crippen LogP contribution in [0.3, 0.4) is 0 Å². The summed E-state index contributed by atoms with van der Waals surface area (Å²) < 4.78 is 10.6. The number of carbonyl (C=O) groups is 1. The fraction of sp³-hybridized carbons (Fsp3) is 0.500. The number of hydrogen-bond acceptors (Lipinski definition) is 5. The molecule has 0 aliphatic carbocycles. The standard InChI is InChI=1S/C12H17N3O4/c1-18-9-4-5-14-11(10(9)13)19-7-8-3-2-6-15(8)12(16)17/h4-5,8H,2-3,6-7,13H2,1H3,(H,16,17)/t8-/m1/s1. The first kappa shape index (κ1) is 13.3. The summed E-state index contributed by atoms with van der Waals surface area (Å²) in [6.07, 6.45) is 2.25. The van der Waals surface area contributed by atoms with Gasteiger partial charge in [-0.2, -0.15) is 0 Å². The van der Waals surface area contributed by atoms with Crippen molar-refractivity contribution in [1.29, 1.82) is 0 Å². The highest BCUT2D eigenvalue weighted by Crippen LogP contribution is 2.29. The Kier molecular flexibility index (Phi) is 3.94. The maximum atomic E-state index is 11.0. The number of nitrogens with zero attached hydrogens (tertiary/aromatic N) is 2. The maximum Gasteiger partial charge on any atom is 0.407 e. The molecular formula is C12H17N3O4. The molecule has 0 unspecified atom stereocenters. The summed E-state index contributed by atoms with van der Waals surface area (Å²) in [4.78, 5) is 16.4. The number of methoxy groups -OCH3 is 1. The molecule has 2 rings (SSSR count). The molecule has 0 aromatic carbocycles. The number of nitrogens with two attached hydrogens (primary N) is 1. The smallest absolute Gasteiger partial charge is 0.407 e. The average molecular weight is 267 g/mol. The van der Waals surface area contributed by atoms with Crippen LogP contribution in [0.25, 0.3) is 0 Å². The Morgan fingerprint density at radius 1 is 1.68 bits per heavy atom. The van der Waals surface area contributed by atoms with Gasteiger partial charge in [-0.3, -0.25) is 0 Å². The summed E-state index contributed by atoms with van der Waals surface area (Å²) in [7, 11) is 1.51. The molecule has 3 N–H and O–H groups in total. The van der Waals surface area contributed by atoms with Gasteiger partial charge in [-0.25, -0.2) is 9.78 Å². The number of anilines is 1. The molecule has 1 saturated heterocycles. The molecule has 0 saturated carbocycles. The Hall–Kier alpha value is -2.18. The highest BCUT2D eigenvalue weighted by Gasteiger charge is 2.29. The molecule has 19 heavy (non-hydrogen) atoms. The maximum absolute atomic E-state index is 11.0. The highest BCUT2D eigenvalue weighted by molar-refractivity contribution is 5.65. The Morgan fingerprint density at radius 3 is 3.16 bits per heavy atom. The van der Waals surface area contributed by atoms with Gasteiger partial charge in [0.15, 0.2) is 0 Å². The lowest BCUT2D eigenvalue weighted by Gasteiger charge is -2.21. The van der Waals surface area contributed by atoms with E-state index in [0.717, 1.165) is 12.8 Å². The largest absolute Gasteiger partial charge is 0.494 e. The SMILES string of the molecule is COc1ccnc(OC[C@H]2CCCN2C(=O)O)c1N. The minimum atomic E-state index is -0.919. The van der Waals surface area contributed by atoms with Crippen molar-refractivity contribution in [3.8, 4) is 11.6 Å². The third kappa shape index (κ3) is 2.81. The molecule has 1 aromatic heterocycles. The predicted octanol–water partition coefficient (Wildman–Crippen LogP) is 1.19. The topological polar surface area (TPSA) is 97.9 Å². The van der Waals surface area contributed by atoms with Crippen molar-refractivity contribution in [1.82, 2.24) is 9.88 Å². The lowest BCUT2D eigenvalue weighted by Crippen LogP contribution is -2.38. The quantitative estimate of drug-likeness (QED) is 0.850. The molecular weight excluding hydrogens is 250 g/mol. The number of pyridine rings is 1. The normalized spacial score (nSPS) is 18.4. The Bertz CT molecular complexity index is 466. The molecule has 0 bridgehead atoms. The van der Waals surface area contributed by atoms with Gasteiger partial charge in [0, 0.05) is 18.8 Å². The van der Waals surface area contributed by atoms with Crippen molar-refractivity contribution in [2.24, 2.45) is 0 Å². The van der Waals surface area contributed by atoms with Crippen LogP contribution < -0.4 is 15.2 Å². The van der Waals surface area contributed by atoms with Crippen LogP contribution in [0.15, 0.2) is 12.3 Å². The van der Waals surface area contributed by atoms with Crippen molar-refractivity contribution in [2.45, 2.75) is 18.9 Å². The fourth-order valence-corrected chi connectivity index (χ4v) is 2.17. The van der Waals surface area contributed by atoms with Gasteiger partial charge in [0.2, 0.25) is 5.88 Å². The fourth-order valence-electron chi connectivity index (χ4n) is 2.17. The van der Waals surface area contributed by atoms with Crippen molar-refractivity contribution in [3.63, 3.8) is 0 Å². The monoisotopic (exact) mass is 267 g/mol. The van der Waals surface area contributed by atoms with Gasteiger partial charge in [-0.1, -0.05) is 0 Å². The summed E-state index contributed by atoms with van der Waals surface area (Å²) in [5.41, 5.74) is 6.15. The van der Waals surface area contributed by atoms with E-state index >= 15 is 0 Å². The van der Waals surface area contributed by atoms with Crippen molar-refractivity contribution in [2.75, 3.05) is 26.0 Å². The van der Waals surface area contributed by atoms with E-state index in [2.05, 4.69) is 4.98 Å². The molecule has 1 atom stereocenters. The molecule has 104 valence electrons. The van der Waals surface area contributed by atoms with E-state index in [1.165, 1.54) is 18.2 Å². The number of hydrogen-bond donors (Lipinski definition) is 2. The van der Waals surface area contributed by atoms with E-state index in [4.69, 9.17) is 20.3 Å². The minimum absolute atomic E-state index is 0.148. The van der Waals surface area contributed by atoms with Crippen molar-refractivity contribution in [3.05, 3.63) is 12.3 Å². The Balaban J connectivity index is 2.01. The predicted molar refractivity (Wildman–Crippen MR) is 68.4 cm³/mol. The number of amides is 1. The molecule has 1 aromatic rings. The third-order valence-corrected chi connectivity index (χ3v) is 3.17. The van der Waals surface area contributed by atoms with Crippen LogP contribution in [0, 0.1) is 0 Å². The van der Waals surface area contributed by atoms with Gasteiger partial charge < -0.3 is 25.2 Å². The summed E-state index contributed by atoms with van der Waals surface area (Å²) in [6, 6.07) is 1.49. The Labute approximate surface area is 110 Å².